The molecule has 0 radical (unpaired) electrons. The number of hydrogen-bond donors (Lipinski definition) is 0. The van der Waals surface area contributed by atoms with Gasteiger partial charge in [0.15, 0.2) is 19.2 Å². The predicted molar refractivity (Wildman–Crippen MR) is 218 cm³/mol. The summed E-state index contributed by atoms with van der Waals surface area (Å²) in [7, 11) is 0. The summed E-state index contributed by atoms with van der Waals surface area (Å²) in [5.74, 6) is 0.377. The van der Waals surface area contributed by atoms with E-state index in [-0.39, 0.29) is 23.9 Å². The molecule has 0 N–H and O–H groups in total. The Hall–Kier alpha value is -2.27. The van der Waals surface area contributed by atoms with E-state index in [0.29, 0.717) is 96.3 Å². The van der Waals surface area contributed by atoms with Crippen molar-refractivity contribution in [2.75, 3.05) is 32.8 Å². The topological polar surface area (TPSA) is 141 Å². The van der Waals surface area contributed by atoms with Crippen molar-refractivity contribution in [3.8, 4) is 0 Å². The lowest BCUT2D eigenvalue weighted by Crippen LogP contribution is -2.49. The zero-order valence-electron chi connectivity index (χ0n) is 32.0. The normalized spacial score (nSPS) is 17.4. The quantitative estimate of drug-likeness (QED) is 0.138. The molecule has 3 aromatic heterocycles. The van der Waals surface area contributed by atoms with Gasteiger partial charge in [-0.1, -0.05) is 34.8 Å². The van der Waals surface area contributed by atoms with Crippen LogP contribution in [0.5, 0.6) is 0 Å². The standard InChI is InChI=1S/C17H25ClN2O4S.C15H19ClN2O3S.C4H3Cl2NS/c1-5-23-13(21)17(10-12-11-19-14(18)25-12)6-8-20(9-7-17)15(22)24-16(2,3)4;1-14(2,3)21-13(20)18-6-4-15(5-7-18)8-9-10(11(15)19)17-12(16)22-9;5-1-3-2-7-4(6)8-3/h11H,5-10H2,1-4H3;4-8H2,1-3H3;2H,1H2. The molecule has 2 saturated heterocycles. The SMILES string of the molecule is CC(C)(C)OC(=O)N1CCC2(CC1)Cc1sc(Cl)nc1C2=O.CCOC(=O)C1(Cc2cnc(Cl)s2)CCN(C(=O)OC(C)(C)C)CC1.ClCc1cnc(Cl)s1. The number of nitrogens with zero attached hydrogens (tertiary/aromatic N) is 5. The number of carbonyl (C=O) groups excluding carboxylic acids is 4. The largest absolute Gasteiger partial charge is 0.466 e. The molecule has 304 valence electrons. The van der Waals surface area contributed by atoms with Crippen LogP contribution in [0, 0.1) is 10.8 Å². The summed E-state index contributed by atoms with van der Waals surface area (Å²) in [6.07, 6.45) is 6.34. The van der Waals surface area contributed by atoms with Gasteiger partial charge in [0, 0.05) is 58.6 Å². The summed E-state index contributed by atoms with van der Waals surface area (Å²) < 4.78 is 17.6. The van der Waals surface area contributed by atoms with E-state index in [4.69, 9.17) is 60.6 Å². The second-order valence-corrected chi connectivity index (χ2v) is 20.8. The maximum Gasteiger partial charge on any atom is 0.410 e. The van der Waals surface area contributed by atoms with Crippen LogP contribution >= 0.6 is 80.4 Å². The maximum absolute atomic E-state index is 12.6. The smallest absolute Gasteiger partial charge is 0.410 e. The Morgan fingerprint density at radius 3 is 1.67 bits per heavy atom. The minimum atomic E-state index is -0.648. The van der Waals surface area contributed by atoms with Crippen molar-refractivity contribution in [1.29, 1.82) is 0 Å². The van der Waals surface area contributed by atoms with Gasteiger partial charge in [-0.15, -0.1) is 45.6 Å². The third kappa shape index (κ3) is 12.6. The first-order valence-corrected chi connectivity index (χ1v) is 21.9. The number of esters is 1. The van der Waals surface area contributed by atoms with Crippen LogP contribution < -0.4 is 0 Å². The number of hydrogen-bond acceptors (Lipinski definition) is 13. The Morgan fingerprint density at radius 2 is 1.27 bits per heavy atom. The van der Waals surface area contributed by atoms with Crippen LogP contribution in [0.15, 0.2) is 12.4 Å². The van der Waals surface area contributed by atoms with Crippen LogP contribution in [0.2, 0.25) is 13.4 Å². The van der Waals surface area contributed by atoms with Crippen molar-refractivity contribution in [2.24, 2.45) is 10.8 Å². The van der Waals surface area contributed by atoms with E-state index in [9.17, 15) is 19.2 Å². The molecule has 2 amide bonds. The lowest BCUT2D eigenvalue weighted by atomic mass is 9.75. The van der Waals surface area contributed by atoms with E-state index in [2.05, 4.69) is 15.0 Å². The molecule has 3 aromatic rings. The van der Waals surface area contributed by atoms with Crippen LogP contribution in [0.1, 0.15) is 99.3 Å². The molecule has 0 saturated carbocycles. The summed E-state index contributed by atoms with van der Waals surface area (Å²) in [6, 6.07) is 0. The first-order valence-electron chi connectivity index (χ1n) is 17.8. The third-order valence-corrected chi connectivity index (χ3v) is 12.9. The molecule has 12 nitrogen and oxygen atoms in total. The van der Waals surface area contributed by atoms with E-state index < -0.39 is 22.0 Å². The Labute approximate surface area is 354 Å². The second-order valence-electron chi connectivity index (χ2n) is 15.4. The van der Waals surface area contributed by atoms with E-state index in [0.717, 1.165) is 14.6 Å². The molecule has 1 aliphatic carbocycles. The lowest BCUT2D eigenvalue weighted by Gasteiger charge is -2.40. The van der Waals surface area contributed by atoms with Crippen LogP contribution in [-0.2, 0) is 37.7 Å². The summed E-state index contributed by atoms with van der Waals surface area (Å²) in [5, 5.41) is 0. The monoisotopic (exact) mass is 897 g/mol. The van der Waals surface area contributed by atoms with Crippen LogP contribution in [0.25, 0.3) is 0 Å². The summed E-state index contributed by atoms with van der Waals surface area (Å²) in [6.45, 7) is 15.2. The van der Waals surface area contributed by atoms with Gasteiger partial charge in [-0.3, -0.25) is 9.59 Å². The number of thiazole rings is 3. The van der Waals surface area contributed by atoms with E-state index in [1.54, 1.807) is 29.1 Å². The number of amides is 2. The average molecular weight is 900 g/mol. The van der Waals surface area contributed by atoms with Crippen molar-refractivity contribution in [1.82, 2.24) is 24.8 Å². The van der Waals surface area contributed by atoms with E-state index in [1.807, 2.05) is 41.5 Å². The highest BCUT2D eigenvalue weighted by molar-refractivity contribution is 7.16. The molecule has 0 atom stereocenters. The van der Waals surface area contributed by atoms with Crippen molar-refractivity contribution >= 4 is 104 Å². The number of rotatable bonds is 5. The lowest BCUT2D eigenvalue weighted by molar-refractivity contribution is -0.158. The van der Waals surface area contributed by atoms with Crippen molar-refractivity contribution in [3.63, 3.8) is 0 Å². The molecule has 2 fully saturated rings. The number of piperidine rings is 2. The number of carbonyl (C=O) groups is 4. The molecule has 2 aliphatic heterocycles. The first-order chi connectivity index (χ1) is 25.7. The van der Waals surface area contributed by atoms with Gasteiger partial charge in [0.05, 0.1) is 17.9 Å². The van der Waals surface area contributed by atoms with Gasteiger partial charge in [-0.05, 0) is 87.0 Å². The zero-order valence-corrected chi connectivity index (χ0v) is 37.4. The molecule has 19 heteroatoms. The molecular formula is C36H47Cl4N5O7S3. The van der Waals surface area contributed by atoms with E-state index >= 15 is 0 Å². The first kappa shape index (κ1) is 45.4. The Kier molecular flexibility index (Phi) is 15.7. The second kappa shape index (κ2) is 19.0. The number of fused-ring (bicyclic) bond motifs is 1. The third-order valence-electron chi connectivity index (χ3n) is 9.01. The molecule has 6 rings (SSSR count). The Morgan fingerprint density at radius 1 is 0.782 bits per heavy atom. The molecule has 0 bridgehead atoms. The Balaban J connectivity index is 0.000000205. The summed E-state index contributed by atoms with van der Waals surface area (Å²) in [4.78, 5) is 67.9. The van der Waals surface area contributed by atoms with Crippen LogP contribution in [-0.4, -0.2) is 92.7 Å². The molecule has 1 spiro atoms. The maximum atomic E-state index is 12.6. The van der Waals surface area contributed by atoms with Crippen molar-refractivity contribution in [3.05, 3.63) is 46.1 Å². The number of Topliss-reactive ketones (excluding diaryl/α,β-unsaturated/α-hetero) is 1. The fourth-order valence-electron chi connectivity index (χ4n) is 6.33. The molecule has 0 aromatic carbocycles. The number of ether oxygens (including phenoxy) is 3. The van der Waals surface area contributed by atoms with Gasteiger partial charge >= 0.3 is 18.2 Å². The van der Waals surface area contributed by atoms with Crippen LogP contribution in [0.4, 0.5) is 9.59 Å². The van der Waals surface area contributed by atoms with Gasteiger partial charge in [0.1, 0.15) is 16.9 Å². The van der Waals surface area contributed by atoms with Gasteiger partial charge < -0.3 is 24.0 Å². The fourth-order valence-corrected chi connectivity index (χ4v) is 9.80. The molecule has 5 heterocycles. The number of likely N-dealkylation sites (tertiary alicyclic amines) is 2. The molecule has 0 unspecified atom stereocenters. The van der Waals surface area contributed by atoms with Gasteiger partial charge in [-0.25, -0.2) is 24.5 Å². The molecular weight excluding hydrogens is 852 g/mol. The zero-order chi connectivity index (χ0) is 40.8. The van der Waals surface area contributed by atoms with Gasteiger partial charge in [-0.2, -0.15) is 0 Å². The minimum Gasteiger partial charge on any atom is -0.466 e. The highest BCUT2D eigenvalue weighted by Gasteiger charge is 2.50. The predicted octanol–water partition coefficient (Wildman–Crippen LogP) is 10.0. The average Bonchev–Trinajstić information content (AvgIpc) is 3.86. The molecule has 3 aliphatic rings. The summed E-state index contributed by atoms with van der Waals surface area (Å²) >= 11 is 26.9. The number of halogens is 4. The molecule has 55 heavy (non-hydrogen) atoms. The minimum absolute atomic E-state index is 0.0921. The highest BCUT2D eigenvalue weighted by Crippen LogP contribution is 2.47. The van der Waals surface area contributed by atoms with Gasteiger partial charge in [0.25, 0.3) is 0 Å². The van der Waals surface area contributed by atoms with Crippen molar-refractivity contribution < 1.29 is 33.4 Å². The number of ketones is 1. The van der Waals surface area contributed by atoms with Crippen molar-refractivity contribution in [2.45, 2.75) is 104 Å². The van der Waals surface area contributed by atoms with Crippen LogP contribution in [0.3, 0.4) is 0 Å². The highest BCUT2D eigenvalue weighted by atomic mass is 35.5. The van der Waals surface area contributed by atoms with E-state index in [1.165, 1.54) is 34.0 Å². The fraction of sp³-hybridized carbons (Fsp3) is 0.639. The number of alkyl halides is 1. The number of aromatic nitrogens is 3. The Bertz CT molecular complexity index is 1800. The summed E-state index contributed by atoms with van der Waals surface area (Å²) in [5.41, 5.74) is -1.53. The van der Waals surface area contributed by atoms with Gasteiger partial charge in [0.2, 0.25) is 0 Å².